The normalized spacial score (nSPS) is 17.1. The second-order valence-corrected chi connectivity index (χ2v) is 8.44. The summed E-state index contributed by atoms with van der Waals surface area (Å²) in [4.78, 5) is 12.4. The van der Waals surface area contributed by atoms with Crippen molar-refractivity contribution < 1.29 is 8.42 Å². The summed E-state index contributed by atoms with van der Waals surface area (Å²) in [5, 5.41) is 4.36. The van der Waals surface area contributed by atoms with Crippen molar-refractivity contribution in [2.24, 2.45) is 7.05 Å². The van der Waals surface area contributed by atoms with Gasteiger partial charge in [0.2, 0.25) is 10.0 Å². The molecule has 0 amide bonds. The molecule has 1 aromatic carbocycles. The molecule has 0 N–H and O–H groups in total. The van der Waals surface area contributed by atoms with Crippen molar-refractivity contribution in [2.75, 3.05) is 13.1 Å². The molecule has 1 aliphatic heterocycles. The molecule has 0 bridgehead atoms. The summed E-state index contributed by atoms with van der Waals surface area (Å²) < 4.78 is 30.2. The number of rotatable bonds is 4. The van der Waals surface area contributed by atoms with Gasteiger partial charge >= 0.3 is 5.69 Å². The first-order valence-corrected chi connectivity index (χ1v) is 9.99. The van der Waals surface area contributed by atoms with Crippen molar-refractivity contribution in [1.82, 2.24) is 18.7 Å². The smallest absolute Gasteiger partial charge is 0.279 e. The predicted octanol–water partition coefficient (Wildman–Crippen LogP) is 1.48. The van der Waals surface area contributed by atoms with Crippen molar-refractivity contribution >= 4 is 10.0 Å². The molecule has 3 rings (SSSR count). The van der Waals surface area contributed by atoms with E-state index in [1.165, 1.54) is 8.99 Å². The summed E-state index contributed by atoms with van der Waals surface area (Å²) in [7, 11) is -1.82. The number of piperidine rings is 1. The molecular weight excluding hydrogens is 340 g/mol. The number of benzene rings is 1. The standard InChI is InChI=1S/C17H24N4O3S/c1-4-21-16(18-19(3)17(21)22)14-8-10-20(11-9-14)25(23,24)15-7-5-6-13(2)12-15/h5-7,12,14H,4,8-11H2,1-3H3. The SMILES string of the molecule is CCn1c(C2CCN(S(=O)(=O)c3cccc(C)c3)CC2)nn(C)c1=O. The van der Waals surface area contributed by atoms with E-state index in [0.29, 0.717) is 37.4 Å². The molecule has 0 unspecified atom stereocenters. The molecule has 7 nitrogen and oxygen atoms in total. The van der Waals surface area contributed by atoms with E-state index in [9.17, 15) is 13.2 Å². The van der Waals surface area contributed by atoms with Gasteiger partial charge in [0.15, 0.2) is 0 Å². The Bertz CT molecular complexity index is 922. The summed E-state index contributed by atoms with van der Waals surface area (Å²) >= 11 is 0. The molecule has 0 spiro atoms. The molecule has 136 valence electrons. The third-order valence-corrected chi connectivity index (χ3v) is 6.69. The van der Waals surface area contributed by atoms with Crippen LogP contribution in [-0.2, 0) is 23.6 Å². The molecule has 8 heteroatoms. The average Bonchev–Trinajstić information content (AvgIpc) is 2.89. The van der Waals surface area contributed by atoms with E-state index in [2.05, 4.69) is 5.10 Å². The van der Waals surface area contributed by atoms with Gasteiger partial charge in [-0.2, -0.15) is 9.40 Å². The Labute approximate surface area is 147 Å². The van der Waals surface area contributed by atoms with E-state index in [1.54, 1.807) is 29.8 Å². The van der Waals surface area contributed by atoms with Crippen LogP contribution in [0.4, 0.5) is 0 Å². The van der Waals surface area contributed by atoms with Gasteiger partial charge in [0.25, 0.3) is 0 Å². The number of aromatic nitrogens is 3. The number of sulfonamides is 1. The van der Waals surface area contributed by atoms with Gasteiger partial charge in [0.05, 0.1) is 4.90 Å². The predicted molar refractivity (Wildman–Crippen MR) is 95.1 cm³/mol. The minimum atomic E-state index is -3.47. The second kappa shape index (κ2) is 6.76. The fourth-order valence-corrected chi connectivity index (χ4v) is 4.98. The third kappa shape index (κ3) is 3.28. The van der Waals surface area contributed by atoms with Gasteiger partial charge in [-0.3, -0.25) is 4.57 Å². The Kier molecular flexibility index (Phi) is 4.83. The van der Waals surface area contributed by atoms with E-state index in [1.807, 2.05) is 19.9 Å². The van der Waals surface area contributed by atoms with Gasteiger partial charge < -0.3 is 0 Å². The molecule has 0 radical (unpaired) electrons. The number of nitrogens with zero attached hydrogens (tertiary/aromatic N) is 4. The maximum absolute atomic E-state index is 12.8. The fourth-order valence-electron chi connectivity index (χ4n) is 3.40. The lowest BCUT2D eigenvalue weighted by Gasteiger charge is -2.30. The maximum atomic E-state index is 12.8. The zero-order valence-electron chi connectivity index (χ0n) is 14.8. The lowest BCUT2D eigenvalue weighted by Crippen LogP contribution is -2.38. The van der Waals surface area contributed by atoms with Gasteiger partial charge in [-0.15, -0.1) is 0 Å². The monoisotopic (exact) mass is 364 g/mol. The fraction of sp³-hybridized carbons (Fsp3) is 0.529. The molecule has 1 saturated heterocycles. The number of hydrogen-bond donors (Lipinski definition) is 0. The first kappa shape index (κ1) is 17.9. The van der Waals surface area contributed by atoms with Crippen LogP contribution in [0, 0.1) is 6.92 Å². The minimum absolute atomic E-state index is 0.109. The Morgan fingerprint density at radius 2 is 1.92 bits per heavy atom. The van der Waals surface area contributed by atoms with Crippen LogP contribution < -0.4 is 5.69 Å². The largest absolute Gasteiger partial charge is 0.345 e. The maximum Gasteiger partial charge on any atom is 0.345 e. The molecule has 25 heavy (non-hydrogen) atoms. The van der Waals surface area contributed by atoms with Crippen LogP contribution in [0.5, 0.6) is 0 Å². The van der Waals surface area contributed by atoms with E-state index >= 15 is 0 Å². The van der Waals surface area contributed by atoms with Crippen molar-refractivity contribution in [3.8, 4) is 0 Å². The summed E-state index contributed by atoms with van der Waals surface area (Å²) in [6.45, 7) is 5.26. The molecule has 0 aliphatic carbocycles. The molecule has 1 aliphatic rings. The second-order valence-electron chi connectivity index (χ2n) is 6.50. The summed E-state index contributed by atoms with van der Waals surface area (Å²) in [6, 6.07) is 7.00. The lowest BCUT2D eigenvalue weighted by molar-refractivity contribution is 0.309. The highest BCUT2D eigenvalue weighted by Gasteiger charge is 2.32. The molecule has 2 heterocycles. The molecule has 1 aromatic heterocycles. The van der Waals surface area contributed by atoms with Crippen LogP contribution in [0.2, 0.25) is 0 Å². The first-order valence-electron chi connectivity index (χ1n) is 8.55. The number of hydrogen-bond acceptors (Lipinski definition) is 4. The Hall–Kier alpha value is -1.93. The van der Waals surface area contributed by atoms with Gasteiger partial charge in [0, 0.05) is 32.6 Å². The van der Waals surface area contributed by atoms with Crippen LogP contribution >= 0.6 is 0 Å². The highest BCUT2D eigenvalue weighted by atomic mass is 32.2. The van der Waals surface area contributed by atoms with Gasteiger partial charge in [0.1, 0.15) is 5.82 Å². The van der Waals surface area contributed by atoms with Crippen molar-refractivity contribution in [3.63, 3.8) is 0 Å². The summed E-state index contributed by atoms with van der Waals surface area (Å²) in [5.41, 5.74) is 0.809. The van der Waals surface area contributed by atoms with Crippen LogP contribution in [0.1, 0.15) is 37.1 Å². The van der Waals surface area contributed by atoms with E-state index in [4.69, 9.17) is 0 Å². The highest BCUT2D eigenvalue weighted by molar-refractivity contribution is 7.89. The average molecular weight is 364 g/mol. The Morgan fingerprint density at radius 1 is 1.24 bits per heavy atom. The van der Waals surface area contributed by atoms with Crippen LogP contribution in [0.25, 0.3) is 0 Å². The van der Waals surface area contributed by atoms with Crippen molar-refractivity contribution in [3.05, 3.63) is 46.1 Å². The van der Waals surface area contributed by atoms with E-state index < -0.39 is 10.0 Å². The van der Waals surface area contributed by atoms with Crippen LogP contribution in [0.15, 0.2) is 34.0 Å². The summed E-state index contributed by atoms with van der Waals surface area (Å²) in [5.74, 6) is 0.875. The quantitative estimate of drug-likeness (QED) is 0.823. The zero-order chi connectivity index (χ0) is 18.2. The van der Waals surface area contributed by atoms with Crippen LogP contribution in [-0.4, -0.2) is 40.2 Å². The van der Waals surface area contributed by atoms with E-state index in [-0.39, 0.29) is 11.6 Å². The third-order valence-electron chi connectivity index (χ3n) is 4.80. The lowest BCUT2D eigenvalue weighted by atomic mass is 9.97. The zero-order valence-corrected chi connectivity index (χ0v) is 15.7. The highest BCUT2D eigenvalue weighted by Crippen LogP contribution is 2.29. The van der Waals surface area contributed by atoms with Gasteiger partial charge in [-0.25, -0.2) is 17.9 Å². The first-order chi connectivity index (χ1) is 11.8. The van der Waals surface area contributed by atoms with Gasteiger partial charge in [-0.1, -0.05) is 12.1 Å². The minimum Gasteiger partial charge on any atom is -0.279 e. The van der Waals surface area contributed by atoms with E-state index in [0.717, 1.165) is 11.4 Å². The van der Waals surface area contributed by atoms with Crippen molar-refractivity contribution in [1.29, 1.82) is 0 Å². The summed E-state index contributed by atoms with van der Waals surface area (Å²) in [6.07, 6.45) is 1.34. The number of aryl methyl sites for hydroxylation is 2. The van der Waals surface area contributed by atoms with Gasteiger partial charge in [-0.05, 0) is 44.4 Å². The van der Waals surface area contributed by atoms with Crippen LogP contribution in [0.3, 0.4) is 0 Å². The Morgan fingerprint density at radius 3 is 2.52 bits per heavy atom. The topological polar surface area (TPSA) is 77.2 Å². The Balaban J connectivity index is 1.78. The molecule has 0 saturated carbocycles. The molecular formula is C17H24N4O3S. The van der Waals surface area contributed by atoms with Crippen molar-refractivity contribution in [2.45, 2.75) is 44.0 Å². The molecule has 2 aromatic rings. The molecule has 0 atom stereocenters. The molecule has 1 fully saturated rings.